The highest BCUT2D eigenvalue weighted by atomic mass is 35.5. The van der Waals surface area contributed by atoms with Gasteiger partial charge >= 0.3 is 0 Å². The number of hydrogen-bond acceptors (Lipinski definition) is 3. The van der Waals surface area contributed by atoms with Gasteiger partial charge in [0.1, 0.15) is 0 Å². The second kappa shape index (κ2) is 12.8. The van der Waals surface area contributed by atoms with E-state index < -0.39 is 0 Å². The number of methoxy groups -OCH3 is 1. The average molecular weight is 393 g/mol. The van der Waals surface area contributed by atoms with E-state index in [2.05, 4.69) is 26.8 Å². The molecule has 0 bridgehead atoms. The highest BCUT2D eigenvalue weighted by Gasteiger charge is 2.28. The largest absolute Gasteiger partial charge is 0.490 e. The van der Waals surface area contributed by atoms with Gasteiger partial charge in [0.05, 0.1) is 12.1 Å². The van der Waals surface area contributed by atoms with Crippen LogP contribution in [0.15, 0.2) is 40.2 Å². The maximum atomic E-state index is 12.3. The number of unbranched alkanes of at least 4 members (excludes halogenated alkanes) is 2. The summed E-state index contributed by atoms with van der Waals surface area (Å²) in [5.74, 6) is 2.90. The van der Waals surface area contributed by atoms with Crippen LogP contribution in [0.5, 0.6) is 0 Å². The maximum Gasteiger partial charge on any atom is 0.200 e. The summed E-state index contributed by atoms with van der Waals surface area (Å²) in [5.41, 5.74) is 2.21. The molecular formula is C23H33ClO3. The number of ketones is 1. The normalized spacial score (nSPS) is 18.9. The molecule has 1 rings (SSSR count). The minimum Gasteiger partial charge on any atom is -0.490 e. The third kappa shape index (κ3) is 8.77. The van der Waals surface area contributed by atoms with Crippen molar-refractivity contribution in [3.05, 3.63) is 40.2 Å². The van der Waals surface area contributed by atoms with Crippen molar-refractivity contribution in [2.75, 3.05) is 7.11 Å². The molecule has 0 heterocycles. The molecule has 0 amide bonds. The van der Waals surface area contributed by atoms with E-state index in [9.17, 15) is 9.59 Å². The third-order valence-electron chi connectivity index (χ3n) is 4.99. The number of ether oxygens (including phenoxy) is 1. The Morgan fingerprint density at radius 3 is 2.67 bits per heavy atom. The molecule has 27 heavy (non-hydrogen) atoms. The number of halogens is 1. The number of Topliss-reactive ketones (excluding diaryl/α,β-unsaturated/α-hetero) is 1. The van der Waals surface area contributed by atoms with Crippen molar-refractivity contribution in [1.82, 2.24) is 0 Å². The SMILES string of the molecule is COC(=C=O)CCCCC=C1C(=O)C(Cl)=CC1CCC(C)CCC=C(C)C. The van der Waals surface area contributed by atoms with Gasteiger partial charge < -0.3 is 4.74 Å². The van der Waals surface area contributed by atoms with Gasteiger partial charge in [-0.1, -0.05) is 42.3 Å². The van der Waals surface area contributed by atoms with E-state index in [-0.39, 0.29) is 11.7 Å². The van der Waals surface area contributed by atoms with E-state index in [1.165, 1.54) is 19.1 Å². The summed E-state index contributed by atoms with van der Waals surface area (Å²) in [4.78, 5) is 22.9. The monoisotopic (exact) mass is 392 g/mol. The van der Waals surface area contributed by atoms with E-state index >= 15 is 0 Å². The molecule has 0 aromatic heterocycles. The highest BCUT2D eigenvalue weighted by Crippen LogP contribution is 2.34. The second-order valence-electron chi connectivity index (χ2n) is 7.63. The average Bonchev–Trinajstić information content (AvgIpc) is 2.90. The van der Waals surface area contributed by atoms with Crippen molar-refractivity contribution in [2.45, 2.75) is 72.1 Å². The van der Waals surface area contributed by atoms with Crippen molar-refractivity contribution >= 4 is 23.3 Å². The van der Waals surface area contributed by atoms with Crippen LogP contribution < -0.4 is 0 Å². The molecule has 0 aromatic carbocycles. The fraction of sp³-hybridized carbons (Fsp3) is 0.609. The first-order chi connectivity index (χ1) is 12.9. The lowest BCUT2D eigenvalue weighted by Gasteiger charge is -2.14. The summed E-state index contributed by atoms with van der Waals surface area (Å²) in [6, 6.07) is 0. The molecule has 0 fully saturated rings. The van der Waals surface area contributed by atoms with Crippen LogP contribution in [0.25, 0.3) is 0 Å². The van der Waals surface area contributed by atoms with Crippen LogP contribution in [0.2, 0.25) is 0 Å². The van der Waals surface area contributed by atoms with Crippen molar-refractivity contribution < 1.29 is 14.3 Å². The Hall–Kier alpha value is -1.57. The van der Waals surface area contributed by atoms with Crippen LogP contribution in [-0.4, -0.2) is 18.8 Å². The lowest BCUT2D eigenvalue weighted by molar-refractivity contribution is -0.111. The van der Waals surface area contributed by atoms with Gasteiger partial charge in [0.15, 0.2) is 17.5 Å². The number of carbonyl (C=O) groups is 1. The van der Waals surface area contributed by atoms with Gasteiger partial charge in [0.2, 0.25) is 0 Å². The van der Waals surface area contributed by atoms with Crippen LogP contribution in [0.4, 0.5) is 0 Å². The Bertz CT molecular complexity index is 632. The van der Waals surface area contributed by atoms with Crippen LogP contribution >= 0.6 is 11.6 Å². The first-order valence-corrected chi connectivity index (χ1v) is 10.3. The van der Waals surface area contributed by atoms with E-state index in [1.54, 1.807) is 5.94 Å². The zero-order valence-corrected chi connectivity index (χ0v) is 17.9. The van der Waals surface area contributed by atoms with Crippen molar-refractivity contribution in [3.63, 3.8) is 0 Å². The lowest BCUT2D eigenvalue weighted by Crippen LogP contribution is -2.06. The predicted molar refractivity (Wildman–Crippen MR) is 112 cm³/mol. The molecule has 4 heteroatoms. The molecule has 0 aliphatic heterocycles. The Morgan fingerprint density at radius 2 is 2.04 bits per heavy atom. The standard InChI is InChI=1S/C23H33ClO3/c1-17(2)9-8-10-18(3)13-14-19-15-22(24)23(26)21(19)12-7-5-6-11-20(16-25)27-4/h9,12,15,18-19H,5-8,10-11,13-14H2,1-4H3. The maximum absolute atomic E-state index is 12.3. The number of carbonyl (C=O) groups excluding carboxylic acids is 2. The smallest absolute Gasteiger partial charge is 0.200 e. The molecule has 3 nitrogen and oxygen atoms in total. The van der Waals surface area contributed by atoms with E-state index in [0.29, 0.717) is 23.1 Å². The first kappa shape index (κ1) is 23.5. The summed E-state index contributed by atoms with van der Waals surface area (Å²) in [6.07, 6.45) is 13.7. The molecule has 0 aromatic rings. The zero-order chi connectivity index (χ0) is 20.2. The van der Waals surface area contributed by atoms with E-state index in [1.807, 2.05) is 12.2 Å². The van der Waals surface area contributed by atoms with Gasteiger partial charge in [-0.2, -0.15) is 0 Å². The minimum atomic E-state index is -0.0239. The summed E-state index contributed by atoms with van der Waals surface area (Å²) >= 11 is 6.11. The van der Waals surface area contributed by atoms with Crippen LogP contribution in [0, 0.1) is 11.8 Å². The summed E-state index contributed by atoms with van der Waals surface area (Å²) in [5, 5.41) is 0.356. The van der Waals surface area contributed by atoms with E-state index in [4.69, 9.17) is 16.3 Å². The molecule has 0 spiro atoms. The molecule has 150 valence electrons. The summed E-state index contributed by atoms with van der Waals surface area (Å²) in [6.45, 7) is 6.53. The van der Waals surface area contributed by atoms with E-state index in [0.717, 1.165) is 44.1 Å². The van der Waals surface area contributed by atoms with Gasteiger partial charge in [0.25, 0.3) is 0 Å². The van der Waals surface area contributed by atoms with Gasteiger partial charge in [-0.25, -0.2) is 4.79 Å². The quantitative estimate of drug-likeness (QED) is 0.128. The first-order valence-electron chi connectivity index (χ1n) is 9.92. The molecule has 0 radical (unpaired) electrons. The van der Waals surface area contributed by atoms with Gasteiger partial charge in [0, 0.05) is 17.9 Å². The van der Waals surface area contributed by atoms with Crippen LogP contribution in [0.1, 0.15) is 72.1 Å². The Balaban J connectivity index is 2.48. The fourth-order valence-corrected chi connectivity index (χ4v) is 3.54. The highest BCUT2D eigenvalue weighted by molar-refractivity contribution is 6.46. The van der Waals surface area contributed by atoms with Crippen molar-refractivity contribution in [1.29, 1.82) is 0 Å². The van der Waals surface area contributed by atoms with Crippen molar-refractivity contribution in [3.8, 4) is 0 Å². The van der Waals surface area contributed by atoms with Crippen molar-refractivity contribution in [2.24, 2.45) is 11.8 Å². The van der Waals surface area contributed by atoms with Gasteiger partial charge in [-0.05, 0) is 64.7 Å². The van der Waals surface area contributed by atoms with Crippen LogP contribution in [-0.2, 0) is 14.3 Å². The number of allylic oxidation sites excluding steroid dienone is 7. The minimum absolute atomic E-state index is 0.0239. The van der Waals surface area contributed by atoms with Gasteiger partial charge in [-0.15, -0.1) is 0 Å². The molecular weight excluding hydrogens is 360 g/mol. The molecule has 0 saturated heterocycles. The zero-order valence-electron chi connectivity index (χ0n) is 17.1. The Kier molecular flexibility index (Phi) is 11.1. The molecule has 2 atom stereocenters. The molecule has 2 unspecified atom stereocenters. The second-order valence-corrected chi connectivity index (χ2v) is 8.03. The molecule has 0 N–H and O–H groups in total. The Labute approximate surface area is 169 Å². The van der Waals surface area contributed by atoms with Crippen LogP contribution in [0.3, 0.4) is 0 Å². The topological polar surface area (TPSA) is 43.4 Å². The summed E-state index contributed by atoms with van der Waals surface area (Å²) in [7, 11) is 1.48. The summed E-state index contributed by atoms with van der Waals surface area (Å²) < 4.78 is 4.92. The lowest BCUT2D eigenvalue weighted by atomic mass is 9.90. The number of rotatable bonds is 12. The third-order valence-corrected chi connectivity index (χ3v) is 5.29. The number of hydrogen-bond donors (Lipinski definition) is 0. The fourth-order valence-electron chi connectivity index (χ4n) is 3.28. The predicted octanol–water partition coefficient (Wildman–Crippen LogP) is 6.32. The van der Waals surface area contributed by atoms with Gasteiger partial charge in [-0.3, -0.25) is 4.79 Å². The Morgan fingerprint density at radius 1 is 1.30 bits per heavy atom. The molecule has 0 saturated carbocycles. The molecule has 1 aliphatic carbocycles. The molecule has 1 aliphatic rings.